The van der Waals surface area contributed by atoms with Gasteiger partial charge in [0, 0.05) is 22.6 Å². The number of rotatable bonds is 5. The molecule has 0 saturated carbocycles. The number of hydrogen-bond acceptors (Lipinski definition) is 4. The van der Waals surface area contributed by atoms with Gasteiger partial charge in [-0.2, -0.15) is 5.10 Å². The number of aryl methyl sites for hydroxylation is 1. The molecule has 180 valence electrons. The van der Waals surface area contributed by atoms with Crippen LogP contribution in [0.4, 0.5) is 4.39 Å². The van der Waals surface area contributed by atoms with Crippen LogP contribution in [0.3, 0.4) is 0 Å². The predicted octanol–water partition coefficient (Wildman–Crippen LogP) is 7.61. The maximum Gasteiger partial charge on any atom is 0.213 e. The van der Waals surface area contributed by atoms with Gasteiger partial charge in [0.1, 0.15) is 23.9 Å². The second kappa shape index (κ2) is 9.32. The first-order valence-corrected chi connectivity index (χ1v) is 12.3. The Morgan fingerprint density at radius 3 is 2.47 bits per heavy atom. The van der Waals surface area contributed by atoms with E-state index in [2.05, 4.69) is 31.2 Å². The number of halogens is 2. The van der Waals surface area contributed by atoms with E-state index in [1.165, 1.54) is 17.7 Å². The summed E-state index contributed by atoms with van der Waals surface area (Å²) in [4.78, 5) is 0. The van der Waals surface area contributed by atoms with Crippen LogP contribution in [0.2, 0.25) is 5.02 Å². The SMILES string of the molecule is Cc1ccc(C2=NN3C(C2)c2cc(Cl)ccc2OC3c2ccc(OCc3ccc(F)cc3)cc2)cc1. The van der Waals surface area contributed by atoms with Crippen molar-refractivity contribution in [3.63, 3.8) is 0 Å². The molecule has 2 atom stereocenters. The minimum atomic E-state index is -0.377. The average Bonchev–Trinajstić information content (AvgIpc) is 3.35. The van der Waals surface area contributed by atoms with Crippen molar-refractivity contribution in [1.29, 1.82) is 0 Å². The molecule has 0 spiro atoms. The lowest BCUT2D eigenvalue weighted by atomic mass is 9.95. The molecule has 36 heavy (non-hydrogen) atoms. The van der Waals surface area contributed by atoms with E-state index in [9.17, 15) is 4.39 Å². The lowest BCUT2D eigenvalue weighted by Crippen LogP contribution is -2.33. The van der Waals surface area contributed by atoms with Gasteiger partial charge in [0.05, 0.1) is 11.8 Å². The van der Waals surface area contributed by atoms with E-state index in [1.54, 1.807) is 12.1 Å². The van der Waals surface area contributed by atoms with Gasteiger partial charge in [-0.3, -0.25) is 0 Å². The van der Waals surface area contributed by atoms with Gasteiger partial charge < -0.3 is 9.47 Å². The molecule has 0 aromatic heterocycles. The molecule has 4 aromatic carbocycles. The Hall–Kier alpha value is -3.83. The van der Waals surface area contributed by atoms with Crippen LogP contribution >= 0.6 is 11.6 Å². The predicted molar refractivity (Wildman–Crippen MR) is 139 cm³/mol. The summed E-state index contributed by atoms with van der Waals surface area (Å²) < 4.78 is 25.5. The molecule has 0 aliphatic carbocycles. The Morgan fingerprint density at radius 1 is 0.972 bits per heavy atom. The maximum atomic E-state index is 13.1. The molecule has 6 rings (SSSR count). The number of benzene rings is 4. The molecule has 2 heterocycles. The topological polar surface area (TPSA) is 34.1 Å². The highest BCUT2D eigenvalue weighted by atomic mass is 35.5. The summed E-state index contributed by atoms with van der Waals surface area (Å²) in [5, 5.41) is 7.75. The second-order valence-electron chi connectivity index (χ2n) is 9.15. The van der Waals surface area contributed by atoms with Gasteiger partial charge in [0.15, 0.2) is 0 Å². The molecule has 0 N–H and O–H groups in total. The van der Waals surface area contributed by atoms with Crippen molar-refractivity contribution in [2.45, 2.75) is 32.2 Å². The zero-order valence-electron chi connectivity index (χ0n) is 19.7. The van der Waals surface area contributed by atoms with Crippen LogP contribution in [0, 0.1) is 12.7 Å². The molecule has 2 unspecified atom stereocenters. The van der Waals surface area contributed by atoms with Crippen LogP contribution in [-0.4, -0.2) is 10.7 Å². The van der Waals surface area contributed by atoms with Gasteiger partial charge in [-0.1, -0.05) is 53.6 Å². The molecular formula is C30H24ClFN2O2. The Bertz CT molecular complexity index is 1420. The fraction of sp³-hybridized carbons (Fsp3) is 0.167. The number of nitrogens with zero attached hydrogens (tertiary/aromatic N) is 2. The summed E-state index contributed by atoms with van der Waals surface area (Å²) in [5.41, 5.74) is 6.29. The van der Waals surface area contributed by atoms with Crippen LogP contribution < -0.4 is 9.47 Å². The van der Waals surface area contributed by atoms with Gasteiger partial charge in [-0.15, -0.1) is 0 Å². The Labute approximate surface area is 214 Å². The Balaban J connectivity index is 1.27. The molecule has 0 amide bonds. The number of hydrogen-bond donors (Lipinski definition) is 0. The third-order valence-electron chi connectivity index (χ3n) is 6.62. The lowest BCUT2D eigenvalue weighted by molar-refractivity contribution is -0.0190. The third-order valence-corrected chi connectivity index (χ3v) is 6.86. The van der Waals surface area contributed by atoms with Crippen molar-refractivity contribution in [1.82, 2.24) is 5.01 Å². The zero-order chi connectivity index (χ0) is 24.6. The molecule has 4 nitrogen and oxygen atoms in total. The molecule has 6 heteroatoms. The first kappa shape index (κ1) is 22.6. The van der Waals surface area contributed by atoms with Crippen LogP contribution in [-0.2, 0) is 6.61 Å². The van der Waals surface area contributed by atoms with Crippen molar-refractivity contribution < 1.29 is 13.9 Å². The van der Waals surface area contributed by atoms with Crippen molar-refractivity contribution >= 4 is 17.3 Å². The molecule has 4 aromatic rings. The highest BCUT2D eigenvalue weighted by Gasteiger charge is 2.41. The van der Waals surface area contributed by atoms with Gasteiger partial charge in [-0.05, 0) is 72.6 Å². The normalized spacial score (nSPS) is 18.2. The van der Waals surface area contributed by atoms with E-state index in [0.29, 0.717) is 11.6 Å². The molecule has 0 radical (unpaired) electrons. The first-order valence-electron chi connectivity index (χ1n) is 11.9. The Kier molecular flexibility index (Phi) is 5.86. The highest BCUT2D eigenvalue weighted by Crippen LogP contribution is 2.48. The molecule has 0 saturated heterocycles. The molecule has 0 fully saturated rings. The monoisotopic (exact) mass is 498 g/mol. The summed E-state index contributed by atoms with van der Waals surface area (Å²) in [6.45, 7) is 2.45. The average molecular weight is 499 g/mol. The van der Waals surface area contributed by atoms with Crippen molar-refractivity contribution in [2.24, 2.45) is 5.10 Å². The van der Waals surface area contributed by atoms with Gasteiger partial charge in [-0.25, -0.2) is 9.40 Å². The molecule has 0 bridgehead atoms. The molecular weight excluding hydrogens is 475 g/mol. The lowest BCUT2D eigenvalue weighted by Gasteiger charge is -2.38. The first-order chi connectivity index (χ1) is 17.5. The number of fused-ring (bicyclic) bond motifs is 3. The van der Waals surface area contributed by atoms with E-state index >= 15 is 0 Å². The summed E-state index contributed by atoms with van der Waals surface area (Å²) in [6, 6.07) is 28.4. The minimum absolute atomic E-state index is 0.0307. The highest BCUT2D eigenvalue weighted by molar-refractivity contribution is 6.30. The van der Waals surface area contributed by atoms with Crippen molar-refractivity contribution in [3.05, 3.63) is 130 Å². The summed E-state index contributed by atoms with van der Waals surface area (Å²) in [6.07, 6.45) is 0.396. The number of ether oxygens (including phenoxy) is 2. The van der Waals surface area contributed by atoms with E-state index in [-0.39, 0.29) is 18.1 Å². The van der Waals surface area contributed by atoms with Gasteiger partial charge in [0.25, 0.3) is 0 Å². The van der Waals surface area contributed by atoms with Gasteiger partial charge >= 0.3 is 0 Å². The maximum absolute atomic E-state index is 13.1. The summed E-state index contributed by atoms with van der Waals surface area (Å²) >= 11 is 6.35. The zero-order valence-corrected chi connectivity index (χ0v) is 20.5. The minimum Gasteiger partial charge on any atom is -0.489 e. The van der Waals surface area contributed by atoms with E-state index in [1.807, 2.05) is 47.5 Å². The standard InChI is InChI=1S/C30H24ClFN2O2/c1-19-2-6-21(7-3-19)27-17-28-26-16-23(31)10-15-29(26)36-30(34(28)33-27)22-8-13-25(14-9-22)35-18-20-4-11-24(32)12-5-20/h2-16,28,30H,17-18H2,1H3. The van der Waals surface area contributed by atoms with Gasteiger partial charge in [0.2, 0.25) is 6.23 Å². The Morgan fingerprint density at radius 2 is 1.72 bits per heavy atom. The largest absolute Gasteiger partial charge is 0.489 e. The van der Waals surface area contributed by atoms with E-state index in [0.717, 1.165) is 45.9 Å². The van der Waals surface area contributed by atoms with Crippen molar-refractivity contribution in [3.8, 4) is 11.5 Å². The fourth-order valence-corrected chi connectivity index (χ4v) is 4.86. The van der Waals surface area contributed by atoms with Crippen LogP contribution in [0.1, 0.15) is 46.5 Å². The summed E-state index contributed by atoms with van der Waals surface area (Å²) in [7, 11) is 0. The van der Waals surface area contributed by atoms with Crippen molar-refractivity contribution in [2.75, 3.05) is 0 Å². The van der Waals surface area contributed by atoms with E-state index in [4.69, 9.17) is 26.2 Å². The smallest absolute Gasteiger partial charge is 0.213 e. The van der Waals surface area contributed by atoms with Crippen LogP contribution in [0.5, 0.6) is 11.5 Å². The molecule has 2 aliphatic heterocycles. The van der Waals surface area contributed by atoms with Crippen LogP contribution in [0.15, 0.2) is 96.1 Å². The van der Waals surface area contributed by atoms with Crippen LogP contribution in [0.25, 0.3) is 0 Å². The third kappa shape index (κ3) is 4.42. The fourth-order valence-electron chi connectivity index (χ4n) is 4.67. The van der Waals surface area contributed by atoms with E-state index < -0.39 is 0 Å². The quantitative estimate of drug-likeness (QED) is 0.284. The summed E-state index contributed by atoms with van der Waals surface area (Å²) in [5.74, 6) is 1.29. The second-order valence-corrected chi connectivity index (χ2v) is 9.59. The number of hydrazone groups is 1. The molecule has 2 aliphatic rings.